The Hall–Kier alpha value is -0.320. The second-order valence-electron chi connectivity index (χ2n) is 4.74. The molecule has 1 aromatic carbocycles. The maximum Gasteiger partial charge on any atom is 0.0749 e. The van der Waals surface area contributed by atoms with Crippen LogP contribution in [0.15, 0.2) is 18.2 Å². The van der Waals surface area contributed by atoms with Crippen molar-refractivity contribution in [2.24, 2.45) is 5.84 Å². The van der Waals surface area contributed by atoms with Gasteiger partial charge in [0.15, 0.2) is 0 Å². The van der Waals surface area contributed by atoms with E-state index in [1.807, 2.05) is 18.2 Å². The van der Waals surface area contributed by atoms with Crippen LogP contribution in [0.25, 0.3) is 0 Å². The van der Waals surface area contributed by atoms with Crippen molar-refractivity contribution in [2.45, 2.75) is 44.4 Å². The molecule has 3 unspecified atom stereocenters. The van der Waals surface area contributed by atoms with Gasteiger partial charge in [-0.3, -0.25) is 11.3 Å². The molecule has 3 nitrogen and oxygen atoms in total. The topological polar surface area (TPSA) is 47.3 Å². The highest BCUT2D eigenvalue weighted by Gasteiger charge is 2.29. The van der Waals surface area contributed by atoms with Crippen molar-refractivity contribution in [3.8, 4) is 0 Å². The highest BCUT2D eigenvalue weighted by atomic mass is 35.5. The largest absolute Gasteiger partial charge is 0.374 e. The summed E-state index contributed by atoms with van der Waals surface area (Å²) < 4.78 is 5.84. The molecule has 0 saturated carbocycles. The molecule has 0 aromatic heterocycles. The van der Waals surface area contributed by atoms with Crippen LogP contribution >= 0.6 is 23.2 Å². The van der Waals surface area contributed by atoms with Crippen molar-refractivity contribution in [3.05, 3.63) is 33.8 Å². The lowest BCUT2D eigenvalue weighted by Gasteiger charge is -2.23. The van der Waals surface area contributed by atoms with Gasteiger partial charge in [-0.2, -0.15) is 0 Å². The van der Waals surface area contributed by atoms with E-state index in [2.05, 4.69) is 12.3 Å². The minimum atomic E-state index is 0.0346. The van der Waals surface area contributed by atoms with Gasteiger partial charge in [0.1, 0.15) is 0 Å². The van der Waals surface area contributed by atoms with Gasteiger partial charge in [-0.05, 0) is 43.9 Å². The number of hydrogen-bond acceptors (Lipinski definition) is 3. The second-order valence-corrected chi connectivity index (χ2v) is 5.55. The van der Waals surface area contributed by atoms with Gasteiger partial charge < -0.3 is 4.74 Å². The summed E-state index contributed by atoms with van der Waals surface area (Å²) in [6.45, 7) is 2.08. The third-order valence-electron chi connectivity index (χ3n) is 3.41. The lowest BCUT2D eigenvalue weighted by atomic mass is 9.99. The summed E-state index contributed by atoms with van der Waals surface area (Å²) in [4.78, 5) is 0. The predicted molar refractivity (Wildman–Crippen MR) is 74.8 cm³/mol. The van der Waals surface area contributed by atoms with Crippen LogP contribution in [0.3, 0.4) is 0 Å². The fraction of sp³-hybridized carbons (Fsp3) is 0.538. The van der Waals surface area contributed by atoms with Gasteiger partial charge in [-0.25, -0.2) is 0 Å². The van der Waals surface area contributed by atoms with Gasteiger partial charge in [-0.15, -0.1) is 0 Å². The summed E-state index contributed by atoms with van der Waals surface area (Å²) >= 11 is 12.3. The predicted octanol–water partition coefficient (Wildman–Crippen LogP) is 2.94. The van der Waals surface area contributed by atoms with Crippen LogP contribution in [-0.4, -0.2) is 18.2 Å². The minimum Gasteiger partial charge on any atom is -0.374 e. The summed E-state index contributed by atoms with van der Waals surface area (Å²) in [7, 11) is 0. The van der Waals surface area contributed by atoms with Crippen LogP contribution in [0.2, 0.25) is 10.0 Å². The molecule has 1 heterocycles. The number of ether oxygens (including phenoxy) is 1. The molecular weight excluding hydrogens is 271 g/mol. The first-order chi connectivity index (χ1) is 8.61. The van der Waals surface area contributed by atoms with Gasteiger partial charge in [0.25, 0.3) is 0 Å². The lowest BCUT2D eigenvalue weighted by Crippen LogP contribution is -2.45. The van der Waals surface area contributed by atoms with Crippen molar-refractivity contribution in [1.29, 1.82) is 0 Å². The van der Waals surface area contributed by atoms with Crippen LogP contribution in [-0.2, 0) is 11.2 Å². The Labute approximate surface area is 118 Å². The summed E-state index contributed by atoms with van der Waals surface area (Å²) in [5, 5.41) is 1.35. The molecule has 0 amide bonds. The van der Waals surface area contributed by atoms with Gasteiger partial charge >= 0.3 is 0 Å². The summed E-state index contributed by atoms with van der Waals surface area (Å²) in [5.41, 5.74) is 3.75. The average Bonchev–Trinajstić information content (AvgIpc) is 2.76. The first kappa shape index (κ1) is 14.1. The molecule has 1 aliphatic rings. The molecule has 1 saturated heterocycles. The number of benzene rings is 1. The van der Waals surface area contributed by atoms with Crippen molar-refractivity contribution in [1.82, 2.24) is 5.43 Å². The van der Waals surface area contributed by atoms with Gasteiger partial charge in [-0.1, -0.05) is 29.3 Å². The fourth-order valence-corrected chi connectivity index (χ4v) is 2.93. The summed E-state index contributed by atoms with van der Waals surface area (Å²) in [6, 6.07) is 5.56. The molecule has 0 bridgehead atoms. The number of halogens is 2. The number of nitrogens with one attached hydrogen (secondary N) is 1. The summed E-state index contributed by atoms with van der Waals surface area (Å²) in [6.07, 6.45) is 3.17. The van der Waals surface area contributed by atoms with E-state index in [-0.39, 0.29) is 12.1 Å². The summed E-state index contributed by atoms with van der Waals surface area (Å²) in [5.74, 6) is 5.63. The molecule has 0 spiro atoms. The minimum absolute atomic E-state index is 0.0346. The Bertz CT molecular complexity index is 394. The van der Waals surface area contributed by atoms with E-state index in [9.17, 15) is 0 Å². The molecule has 0 aliphatic carbocycles. The van der Waals surface area contributed by atoms with E-state index in [4.69, 9.17) is 33.8 Å². The highest BCUT2D eigenvalue weighted by Crippen LogP contribution is 2.29. The number of nitrogens with two attached hydrogens (primary N) is 1. The first-order valence-electron chi connectivity index (χ1n) is 6.16. The Balaban J connectivity index is 2.10. The zero-order chi connectivity index (χ0) is 13.1. The Morgan fingerprint density at radius 1 is 1.39 bits per heavy atom. The smallest absolute Gasteiger partial charge is 0.0749 e. The normalized spacial score (nSPS) is 25.3. The maximum absolute atomic E-state index is 6.17. The van der Waals surface area contributed by atoms with E-state index < -0.39 is 0 Å². The molecular formula is C13H18Cl2N2O. The van der Waals surface area contributed by atoms with Crippen molar-refractivity contribution >= 4 is 23.2 Å². The maximum atomic E-state index is 6.17. The third-order valence-corrected chi connectivity index (χ3v) is 4.12. The standard InChI is InChI=1S/C13H18Cl2N2O/c1-8-5-6-13(18-8)12(17-16)7-9-10(14)3-2-4-11(9)15/h2-4,8,12-13,17H,5-7,16H2,1H3. The highest BCUT2D eigenvalue weighted by molar-refractivity contribution is 6.36. The Kier molecular flexibility index (Phi) is 4.87. The molecule has 18 heavy (non-hydrogen) atoms. The van der Waals surface area contributed by atoms with Gasteiger partial charge in [0.2, 0.25) is 0 Å². The molecule has 1 aliphatic heterocycles. The zero-order valence-electron chi connectivity index (χ0n) is 10.3. The van der Waals surface area contributed by atoms with E-state index in [0.717, 1.165) is 18.4 Å². The quantitative estimate of drug-likeness (QED) is 0.662. The second kappa shape index (κ2) is 6.22. The number of hydrazine groups is 1. The van der Waals surface area contributed by atoms with E-state index in [0.29, 0.717) is 22.6 Å². The van der Waals surface area contributed by atoms with E-state index in [1.54, 1.807) is 0 Å². The first-order valence-corrected chi connectivity index (χ1v) is 6.92. The van der Waals surface area contributed by atoms with Crippen LogP contribution in [0.4, 0.5) is 0 Å². The van der Waals surface area contributed by atoms with Crippen LogP contribution in [0, 0.1) is 0 Å². The molecule has 0 radical (unpaired) electrons. The molecule has 100 valence electrons. The van der Waals surface area contributed by atoms with Gasteiger partial charge in [0, 0.05) is 10.0 Å². The van der Waals surface area contributed by atoms with Crippen molar-refractivity contribution in [3.63, 3.8) is 0 Å². The van der Waals surface area contributed by atoms with Crippen LogP contribution in [0.1, 0.15) is 25.3 Å². The SMILES string of the molecule is CC1CCC(C(Cc2c(Cl)cccc2Cl)NN)O1. The lowest BCUT2D eigenvalue weighted by molar-refractivity contribution is 0.0320. The molecule has 3 N–H and O–H groups in total. The molecule has 2 rings (SSSR count). The van der Waals surface area contributed by atoms with Gasteiger partial charge in [0.05, 0.1) is 18.2 Å². The Morgan fingerprint density at radius 3 is 2.56 bits per heavy atom. The molecule has 5 heteroatoms. The molecule has 1 aromatic rings. The van der Waals surface area contributed by atoms with Crippen LogP contribution < -0.4 is 11.3 Å². The molecule has 1 fully saturated rings. The average molecular weight is 289 g/mol. The fourth-order valence-electron chi connectivity index (χ4n) is 2.37. The van der Waals surface area contributed by atoms with Crippen LogP contribution in [0.5, 0.6) is 0 Å². The number of hydrogen-bond donors (Lipinski definition) is 2. The van der Waals surface area contributed by atoms with E-state index >= 15 is 0 Å². The Morgan fingerprint density at radius 2 is 2.06 bits per heavy atom. The van der Waals surface area contributed by atoms with Crippen molar-refractivity contribution in [2.75, 3.05) is 0 Å². The van der Waals surface area contributed by atoms with E-state index in [1.165, 1.54) is 0 Å². The molecule has 3 atom stereocenters. The monoisotopic (exact) mass is 288 g/mol. The number of rotatable bonds is 4. The zero-order valence-corrected chi connectivity index (χ0v) is 11.8. The van der Waals surface area contributed by atoms with Crippen molar-refractivity contribution < 1.29 is 4.74 Å². The third kappa shape index (κ3) is 3.16.